The Balaban J connectivity index is 1.58. The minimum atomic E-state index is -0.481. The SMILES string of the molecule is CC(=O)O[C@]12CCC(C)(C)C[C@H]1[C@H]1C(=O)C[C@@H]3[C@@]4(C)CCC(=O)C(C)(C)[C@@H]4CC[C@@]3(C)[C@]1(C)CC2. The molecule has 5 aliphatic rings. The predicted octanol–water partition coefficient (Wildman–Crippen LogP) is 6.93. The van der Waals surface area contributed by atoms with E-state index in [1.54, 1.807) is 0 Å². The van der Waals surface area contributed by atoms with Gasteiger partial charge in [-0.3, -0.25) is 14.4 Å². The Morgan fingerprint density at radius 3 is 2.14 bits per heavy atom. The van der Waals surface area contributed by atoms with Crippen molar-refractivity contribution in [3.8, 4) is 0 Å². The molecule has 0 aromatic heterocycles. The Hall–Kier alpha value is -1.19. The second-order valence-electron chi connectivity index (χ2n) is 15.4. The smallest absolute Gasteiger partial charge is 0.303 e. The second-order valence-corrected chi connectivity index (χ2v) is 15.4. The van der Waals surface area contributed by atoms with Gasteiger partial charge < -0.3 is 4.74 Å². The molecule has 0 amide bonds. The summed E-state index contributed by atoms with van der Waals surface area (Å²) < 4.78 is 6.20. The van der Waals surface area contributed by atoms with Crippen molar-refractivity contribution in [1.29, 1.82) is 0 Å². The van der Waals surface area contributed by atoms with E-state index in [1.165, 1.54) is 6.92 Å². The lowest BCUT2D eigenvalue weighted by molar-refractivity contribution is -0.250. The van der Waals surface area contributed by atoms with Gasteiger partial charge in [-0.25, -0.2) is 0 Å². The van der Waals surface area contributed by atoms with E-state index in [9.17, 15) is 14.4 Å². The van der Waals surface area contributed by atoms with Crippen molar-refractivity contribution in [3.63, 3.8) is 0 Å². The lowest BCUT2D eigenvalue weighted by Gasteiger charge is -2.72. The molecule has 0 spiro atoms. The third-order valence-corrected chi connectivity index (χ3v) is 13.0. The summed E-state index contributed by atoms with van der Waals surface area (Å²) in [5.41, 5.74) is -0.664. The number of ketones is 2. The van der Waals surface area contributed by atoms with Gasteiger partial charge in [-0.15, -0.1) is 0 Å². The van der Waals surface area contributed by atoms with Gasteiger partial charge >= 0.3 is 5.97 Å². The average Bonchev–Trinajstić information content (AvgIpc) is 2.73. The molecule has 35 heavy (non-hydrogen) atoms. The van der Waals surface area contributed by atoms with Crippen molar-refractivity contribution < 1.29 is 19.1 Å². The van der Waals surface area contributed by atoms with Gasteiger partial charge in [-0.1, -0.05) is 48.5 Å². The van der Waals surface area contributed by atoms with Gasteiger partial charge in [-0.05, 0) is 84.9 Å². The Morgan fingerprint density at radius 1 is 0.829 bits per heavy atom. The van der Waals surface area contributed by atoms with Crippen LogP contribution in [0.15, 0.2) is 0 Å². The van der Waals surface area contributed by atoms with E-state index in [-0.39, 0.29) is 44.9 Å². The van der Waals surface area contributed by atoms with Crippen LogP contribution in [0.25, 0.3) is 0 Å². The number of carbonyl (C=O) groups is 3. The maximum Gasteiger partial charge on any atom is 0.303 e. The molecule has 0 aromatic rings. The number of carbonyl (C=O) groups excluding carboxylic acids is 3. The Kier molecular flexibility index (Phi) is 5.41. The van der Waals surface area contributed by atoms with Crippen molar-refractivity contribution in [2.45, 2.75) is 125 Å². The van der Waals surface area contributed by atoms with Gasteiger partial charge in [0.05, 0.1) is 0 Å². The average molecular weight is 485 g/mol. The molecule has 4 heteroatoms. The van der Waals surface area contributed by atoms with E-state index < -0.39 is 5.60 Å². The van der Waals surface area contributed by atoms with Crippen LogP contribution in [-0.2, 0) is 19.1 Å². The fraction of sp³-hybridized carbons (Fsp3) is 0.903. The number of ether oxygens (including phenoxy) is 1. The van der Waals surface area contributed by atoms with Crippen LogP contribution < -0.4 is 0 Å². The molecule has 0 aromatic carbocycles. The molecule has 196 valence electrons. The van der Waals surface area contributed by atoms with Crippen LogP contribution in [0.2, 0.25) is 0 Å². The van der Waals surface area contributed by atoms with Crippen molar-refractivity contribution in [2.75, 3.05) is 0 Å². The first-order chi connectivity index (χ1) is 16.0. The zero-order chi connectivity index (χ0) is 25.8. The first kappa shape index (κ1) is 25.5. The monoisotopic (exact) mass is 484 g/mol. The molecule has 4 nitrogen and oxygen atoms in total. The van der Waals surface area contributed by atoms with Crippen LogP contribution in [0.4, 0.5) is 0 Å². The lowest BCUT2D eigenvalue weighted by Crippen LogP contribution is -2.70. The van der Waals surface area contributed by atoms with Gasteiger partial charge in [0.1, 0.15) is 17.2 Å². The first-order valence-electron chi connectivity index (χ1n) is 14.3. The second kappa shape index (κ2) is 7.44. The van der Waals surface area contributed by atoms with Gasteiger partial charge in [0.2, 0.25) is 0 Å². The summed E-state index contributed by atoms with van der Waals surface area (Å²) in [4.78, 5) is 39.6. The summed E-state index contributed by atoms with van der Waals surface area (Å²) >= 11 is 0. The molecule has 0 heterocycles. The zero-order valence-corrected chi connectivity index (χ0v) is 23.5. The first-order valence-corrected chi connectivity index (χ1v) is 14.3. The molecule has 5 saturated carbocycles. The fourth-order valence-corrected chi connectivity index (χ4v) is 10.9. The molecular weight excluding hydrogens is 436 g/mol. The molecule has 0 aliphatic heterocycles. The summed E-state index contributed by atoms with van der Waals surface area (Å²) in [7, 11) is 0. The highest BCUT2D eigenvalue weighted by Crippen LogP contribution is 2.75. The van der Waals surface area contributed by atoms with Crippen LogP contribution in [-0.4, -0.2) is 23.1 Å². The molecular formula is C31H48O4. The molecule has 5 aliphatic carbocycles. The minimum absolute atomic E-state index is 0.0182. The van der Waals surface area contributed by atoms with Crippen LogP contribution in [0.5, 0.6) is 0 Å². The van der Waals surface area contributed by atoms with E-state index in [2.05, 4.69) is 48.5 Å². The van der Waals surface area contributed by atoms with Crippen molar-refractivity contribution >= 4 is 17.5 Å². The van der Waals surface area contributed by atoms with E-state index in [0.29, 0.717) is 36.2 Å². The number of hydrogen-bond donors (Lipinski definition) is 0. The molecule has 5 fully saturated rings. The maximum atomic E-state index is 14.4. The topological polar surface area (TPSA) is 60.4 Å². The highest BCUT2D eigenvalue weighted by Gasteiger charge is 2.72. The quantitative estimate of drug-likeness (QED) is 0.379. The molecule has 0 saturated heterocycles. The summed E-state index contributed by atoms with van der Waals surface area (Å²) in [6.45, 7) is 17.8. The molecule has 0 N–H and O–H groups in total. The number of fused-ring (bicyclic) bond motifs is 7. The van der Waals surface area contributed by atoms with Gasteiger partial charge in [-0.2, -0.15) is 0 Å². The van der Waals surface area contributed by atoms with Crippen molar-refractivity contribution in [1.82, 2.24) is 0 Å². The minimum Gasteiger partial charge on any atom is -0.459 e. The number of rotatable bonds is 1. The van der Waals surface area contributed by atoms with Crippen LogP contribution in [0, 0.1) is 50.7 Å². The Labute approximate surface area is 212 Å². The lowest BCUT2D eigenvalue weighted by atomic mass is 9.32. The summed E-state index contributed by atoms with van der Waals surface area (Å²) in [5.74, 6) is 1.33. The molecule has 0 bridgehead atoms. The van der Waals surface area contributed by atoms with E-state index in [1.807, 2.05) is 0 Å². The molecule has 0 unspecified atom stereocenters. The van der Waals surface area contributed by atoms with Crippen molar-refractivity contribution in [2.24, 2.45) is 50.7 Å². The molecule has 5 rings (SSSR count). The summed E-state index contributed by atoms with van der Waals surface area (Å²) in [6, 6.07) is 0. The van der Waals surface area contributed by atoms with Gasteiger partial charge in [0.25, 0.3) is 0 Å². The highest BCUT2D eigenvalue weighted by molar-refractivity contribution is 5.87. The molecule has 8 atom stereocenters. The van der Waals surface area contributed by atoms with Crippen LogP contribution in [0.3, 0.4) is 0 Å². The van der Waals surface area contributed by atoms with Gasteiger partial charge in [0, 0.05) is 37.0 Å². The zero-order valence-electron chi connectivity index (χ0n) is 23.5. The largest absolute Gasteiger partial charge is 0.459 e. The fourth-order valence-electron chi connectivity index (χ4n) is 10.9. The number of hydrogen-bond acceptors (Lipinski definition) is 4. The highest BCUT2D eigenvalue weighted by atomic mass is 16.6. The Bertz CT molecular complexity index is 963. The van der Waals surface area contributed by atoms with E-state index in [4.69, 9.17) is 4.74 Å². The number of esters is 1. The third-order valence-electron chi connectivity index (χ3n) is 13.0. The van der Waals surface area contributed by atoms with E-state index >= 15 is 0 Å². The van der Waals surface area contributed by atoms with Crippen LogP contribution in [0.1, 0.15) is 120 Å². The maximum absolute atomic E-state index is 14.4. The van der Waals surface area contributed by atoms with Crippen LogP contribution >= 0.6 is 0 Å². The standard InChI is InChI=1S/C31H48O4/c1-19(32)35-31-15-13-26(2,3)18-20(31)25-21(33)17-23-28(6)11-10-24(34)27(4,5)22(28)9-12-29(23,7)30(25,8)14-16-31/h20,22-23,25H,9-18H2,1-8H3/t20-,22-,23+,25-,28-,29+,30+,31-/m0/s1. The molecule has 0 radical (unpaired) electrons. The van der Waals surface area contributed by atoms with Gasteiger partial charge in [0.15, 0.2) is 0 Å². The summed E-state index contributed by atoms with van der Waals surface area (Å²) in [6.07, 6.45) is 9.04. The third kappa shape index (κ3) is 3.26. The van der Waals surface area contributed by atoms with E-state index in [0.717, 1.165) is 51.4 Å². The summed E-state index contributed by atoms with van der Waals surface area (Å²) in [5, 5.41) is 0. The Morgan fingerprint density at radius 2 is 1.49 bits per heavy atom. The predicted molar refractivity (Wildman–Crippen MR) is 137 cm³/mol. The number of Topliss-reactive ketones (excluding diaryl/α,β-unsaturated/α-hetero) is 2. The normalized spacial score (nSPS) is 50.3. The van der Waals surface area contributed by atoms with Crippen molar-refractivity contribution in [3.05, 3.63) is 0 Å².